The maximum absolute atomic E-state index is 10.8. The molecular weight excluding hydrogens is 356 g/mol. The zero-order valence-electron chi connectivity index (χ0n) is 16.4. The molecule has 0 fully saturated rings. The van der Waals surface area contributed by atoms with Crippen LogP contribution in [-0.4, -0.2) is 37.1 Å². The van der Waals surface area contributed by atoms with Crippen molar-refractivity contribution in [3.8, 4) is 11.5 Å². The van der Waals surface area contributed by atoms with E-state index in [-0.39, 0.29) is 16.7 Å². The molecule has 0 aromatic heterocycles. The van der Waals surface area contributed by atoms with Gasteiger partial charge in [0.25, 0.3) is 5.69 Å². The maximum atomic E-state index is 10.8. The molecule has 2 aromatic rings. The molecule has 28 heavy (non-hydrogen) atoms. The van der Waals surface area contributed by atoms with E-state index in [1.807, 2.05) is 18.2 Å². The molecular formula is C22H26N2O4. The molecule has 0 amide bonds. The average Bonchev–Trinajstić information content (AvgIpc) is 2.72. The first-order valence-electron chi connectivity index (χ1n) is 9.40. The van der Waals surface area contributed by atoms with Crippen molar-refractivity contribution in [2.45, 2.75) is 25.3 Å². The fourth-order valence-corrected chi connectivity index (χ4v) is 3.89. The molecule has 2 aromatic carbocycles. The highest BCUT2D eigenvalue weighted by Gasteiger charge is 2.28. The highest BCUT2D eigenvalue weighted by molar-refractivity contribution is 5.49. The predicted molar refractivity (Wildman–Crippen MR) is 109 cm³/mol. The minimum Gasteiger partial charge on any atom is -0.493 e. The summed E-state index contributed by atoms with van der Waals surface area (Å²) < 4.78 is 11.0. The molecule has 1 atom stereocenters. The van der Waals surface area contributed by atoms with Gasteiger partial charge < -0.3 is 9.47 Å². The number of nitrogens with zero attached hydrogens (tertiary/aromatic N) is 2. The first-order valence-corrected chi connectivity index (χ1v) is 9.40. The van der Waals surface area contributed by atoms with E-state index in [9.17, 15) is 10.1 Å². The first kappa shape index (κ1) is 19.9. The third kappa shape index (κ3) is 4.17. The van der Waals surface area contributed by atoms with Gasteiger partial charge in [-0.1, -0.05) is 18.2 Å². The number of aryl methyl sites for hydroxylation is 1. The van der Waals surface area contributed by atoms with E-state index in [2.05, 4.69) is 23.6 Å². The van der Waals surface area contributed by atoms with E-state index >= 15 is 0 Å². The van der Waals surface area contributed by atoms with Gasteiger partial charge in [-0.25, -0.2) is 0 Å². The number of rotatable bonds is 8. The summed E-state index contributed by atoms with van der Waals surface area (Å²) in [6, 6.07) is 11.2. The zero-order valence-corrected chi connectivity index (χ0v) is 16.4. The summed E-state index contributed by atoms with van der Waals surface area (Å²) >= 11 is 0. The van der Waals surface area contributed by atoms with Crippen LogP contribution in [-0.2, 0) is 12.8 Å². The summed E-state index contributed by atoms with van der Waals surface area (Å²) in [6.45, 7) is 5.68. The van der Waals surface area contributed by atoms with Crippen molar-refractivity contribution in [1.82, 2.24) is 4.90 Å². The van der Waals surface area contributed by atoms with E-state index in [1.54, 1.807) is 26.4 Å². The summed E-state index contributed by atoms with van der Waals surface area (Å²) in [5, 5.41) is 10.8. The lowest BCUT2D eigenvalue weighted by Crippen LogP contribution is -2.36. The second-order valence-corrected chi connectivity index (χ2v) is 6.92. The minimum absolute atomic E-state index is 0.122. The fraction of sp³-hybridized carbons (Fsp3) is 0.364. The Balaban J connectivity index is 1.86. The number of benzene rings is 2. The number of non-ortho nitro benzene ring substituents is 1. The van der Waals surface area contributed by atoms with Gasteiger partial charge >= 0.3 is 0 Å². The quantitative estimate of drug-likeness (QED) is 0.386. The molecule has 0 spiro atoms. The van der Waals surface area contributed by atoms with E-state index < -0.39 is 0 Å². The molecule has 6 nitrogen and oxygen atoms in total. The van der Waals surface area contributed by atoms with Crippen LogP contribution in [0, 0.1) is 10.1 Å². The summed E-state index contributed by atoms with van der Waals surface area (Å²) in [6.07, 6.45) is 4.64. The van der Waals surface area contributed by atoms with Gasteiger partial charge in [-0.3, -0.25) is 15.0 Å². The van der Waals surface area contributed by atoms with Crippen molar-refractivity contribution >= 4 is 5.69 Å². The van der Waals surface area contributed by atoms with Crippen molar-refractivity contribution in [3.05, 3.63) is 75.9 Å². The fourth-order valence-electron chi connectivity index (χ4n) is 3.89. The van der Waals surface area contributed by atoms with Crippen molar-refractivity contribution in [1.29, 1.82) is 0 Å². The summed E-state index contributed by atoms with van der Waals surface area (Å²) in [7, 11) is 3.31. The molecule has 0 bridgehead atoms. The molecule has 1 unspecified atom stereocenters. The Labute approximate surface area is 165 Å². The van der Waals surface area contributed by atoms with Crippen LogP contribution in [0.25, 0.3) is 0 Å². The molecule has 0 saturated carbocycles. The number of nitro benzene ring substituents is 1. The second kappa shape index (κ2) is 8.89. The van der Waals surface area contributed by atoms with Crippen molar-refractivity contribution < 1.29 is 14.4 Å². The van der Waals surface area contributed by atoms with Gasteiger partial charge in [0, 0.05) is 31.3 Å². The standard InChI is InChI=1S/C22H26N2O4/c1-4-12-23-13-11-17-14-21(27-2)22(28-3)15-19(17)20(23)10-7-16-5-8-18(9-6-16)24(25)26/h4-6,8-9,14-15,20H,1,7,10-13H2,2-3H3. The topological polar surface area (TPSA) is 64.8 Å². The average molecular weight is 382 g/mol. The van der Waals surface area contributed by atoms with Crippen molar-refractivity contribution in [3.63, 3.8) is 0 Å². The Morgan fingerprint density at radius 1 is 1.21 bits per heavy atom. The van der Waals surface area contributed by atoms with Gasteiger partial charge in [0.2, 0.25) is 0 Å². The molecule has 0 N–H and O–H groups in total. The monoisotopic (exact) mass is 382 g/mol. The van der Waals surface area contributed by atoms with Crippen LogP contribution >= 0.6 is 0 Å². The number of nitro groups is 1. The molecule has 1 heterocycles. The molecule has 0 radical (unpaired) electrons. The third-order valence-corrected chi connectivity index (χ3v) is 5.33. The highest BCUT2D eigenvalue weighted by atomic mass is 16.6. The van der Waals surface area contributed by atoms with E-state index in [4.69, 9.17) is 9.47 Å². The molecule has 0 saturated heterocycles. The Kier molecular flexibility index (Phi) is 6.31. The largest absolute Gasteiger partial charge is 0.493 e. The van der Waals surface area contributed by atoms with Gasteiger partial charge in [0.1, 0.15) is 0 Å². The SMILES string of the molecule is C=CCN1CCc2cc(OC)c(OC)cc2C1CCc1ccc([N+](=O)[O-])cc1. The Morgan fingerprint density at radius 3 is 2.50 bits per heavy atom. The summed E-state index contributed by atoms with van der Waals surface area (Å²) in [5.74, 6) is 1.49. The van der Waals surface area contributed by atoms with Crippen molar-refractivity contribution in [2.24, 2.45) is 0 Å². The minimum atomic E-state index is -0.368. The Bertz CT molecular complexity index is 848. The molecule has 1 aliphatic heterocycles. The lowest BCUT2D eigenvalue weighted by Gasteiger charge is -2.37. The van der Waals surface area contributed by atoms with Crippen LogP contribution < -0.4 is 9.47 Å². The van der Waals surface area contributed by atoms with Gasteiger partial charge in [-0.2, -0.15) is 0 Å². The molecule has 0 aliphatic carbocycles. The molecule has 148 valence electrons. The van der Waals surface area contributed by atoms with Crippen LogP contribution in [0.4, 0.5) is 5.69 Å². The lowest BCUT2D eigenvalue weighted by molar-refractivity contribution is -0.384. The molecule has 6 heteroatoms. The predicted octanol–water partition coefficient (Wildman–Crippen LogP) is 4.33. The Hall–Kier alpha value is -2.86. The van der Waals surface area contributed by atoms with Crippen LogP contribution in [0.3, 0.4) is 0 Å². The number of hydrogen-bond acceptors (Lipinski definition) is 5. The summed E-state index contributed by atoms with van der Waals surface area (Å²) in [5.41, 5.74) is 3.76. The zero-order chi connectivity index (χ0) is 20.1. The number of hydrogen-bond donors (Lipinski definition) is 0. The number of ether oxygens (including phenoxy) is 2. The maximum Gasteiger partial charge on any atom is 0.269 e. The van der Waals surface area contributed by atoms with Gasteiger partial charge in [0.05, 0.1) is 19.1 Å². The first-order chi connectivity index (χ1) is 13.6. The van der Waals surface area contributed by atoms with E-state index in [1.165, 1.54) is 11.1 Å². The molecule has 1 aliphatic rings. The van der Waals surface area contributed by atoms with Gasteiger partial charge in [-0.05, 0) is 48.1 Å². The number of methoxy groups -OCH3 is 2. The van der Waals surface area contributed by atoms with E-state index in [0.717, 1.165) is 49.4 Å². The van der Waals surface area contributed by atoms with Crippen LogP contribution in [0.15, 0.2) is 49.1 Å². The van der Waals surface area contributed by atoms with Crippen LogP contribution in [0.1, 0.15) is 29.2 Å². The smallest absolute Gasteiger partial charge is 0.269 e. The van der Waals surface area contributed by atoms with E-state index in [0.29, 0.717) is 0 Å². The summed E-state index contributed by atoms with van der Waals surface area (Å²) in [4.78, 5) is 12.9. The Morgan fingerprint density at radius 2 is 1.89 bits per heavy atom. The normalized spacial score (nSPS) is 16.3. The lowest BCUT2D eigenvalue weighted by atomic mass is 9.88. The van der Waals surface area contributed by atoms with Crippen LogP contribution in [0.5, 0.6) is 11.5 Å². The number of fused-ring (bicyclic) bond motifs is 1. The van der Waals surface area contributed by atoms with Crippen LogP contribution in [0.2, 0.25) is 0 Å². The van der Waals surface area contributed by atoms with Crippen molar-refractivity contribution in [2.75, 3.05) is 27.3 Å². The second-order valence-electron chi connectivity index (χ2n) is 6.92. The van der Waals surface area contributed by atoms with Gasteiger partial charge in [0.15, 0.2) is 11.5 Å². The third-order valence-electron chi connectivity index (χ3n) is 5.33. The highest BCUT2D eigenvalue weighted by Crippen LogP contribution is 2.39. The molecule has 3 rings (SSSR count). The van der Waals surface area contributed by atoms with Gasteiger partial charge in [-0.15, -0.1) is 6.58 Å².